The number of morpholine rings is 2. The number of furan rings is 1. The third kappa shape index (κ3) is 5.80. The molecule has 3 fully saturated rings. The SMILES string of the molecule is Cc1ccc(C(CNC(=O)NCC2(N3CCOCC3)CCCCC2)N2CCOCC2)o1. The van der Waals surface area contributed by atoms with E-state index in [0.29, 0.717) is 26.3 Å². The van der Waals surface area contributed by atoms with E-state index < -0.39 is 0 Å². The molecule has 31 heavy (non-hydrogen) atoms. The van der Waals surface area contributed by atoms with Crippen LogP contribution < -0.4 is 10.6 Å². The lowest BCUT2D eigenvalue weighted by atomic mass is 9.80. The zero-order valence-electron chi connectivity index (χ0n) is 18.9. The van der Waals surface area contributed by atoms with Crippen molar-refractivity contribution in [3.63, 3.8) is 0 Å². The monoisotopic (exact) mass is 434 g/mol. The molecule has 174 valence electrons. The molecule has 4 rings (SSSR count). The number of ether oxygens (including phenoxy) is 2. The van der Waals surface area contributed by atoms with Gasteiger partial charge in [-0.3, -0.25) is 9.80 Å². The first kappa shape index (κ1) is 22.6. The van der Waals surface area contributed by atoms with Crippen molar-refractivity contribution in [1.29, 1.82) is 0 Å². The van der Waals surface area contributed by atoms with Gasteiger partial charge in [0, 0.05) is 44.8 Å². The molecule has 1 aromatic heterocycles. The number of carbonyl (C=O) groups is 1. The van der Waals surface area contributed by atoms with Crippen molar-refractivity contribution in [2.24, 2.45) is 0 Å². The van der Waals surface area contributed by atoms with E-state index in [0.717, 1.165) is 63.8 Å². The number of hydrogen-bond donors (Lipinski definition) is 2. The number of aryl methyl sites for hydroxylation is 1. The van der Waals surface area contributed by atoms with Crippen LogP contribution in [0.3, 0.4) is 0 Å². The number of urea groups is 1. The second kappa shape index (κ2) is 10.8. The fourth-order valence-electron chi connectivity index (χ4n) is 5.28. The highest BCUT2D eigenvalue weighted by molar-refractivity contribution is 5.74. The Bertz CT molecular complexity index is 692. The molecule has 0 radical (unpaired) electrons. The van der Waals surface area contributed by atoms with E-state index in [1.54, 1.807) is 0 Å². The molecule has 1 aliphatic carbocycles. The van der Waals surface area contributed by atoms with Crippen LogP contribution in [0.15, 0.2) is 16.5 Å². The molecule has 1 saturated carbocycles. The number of nitrogens with zero attached hydrogens (tertiary/aromatic N) is 2. The molecule has 1 atom stereocenters. The van der Waals surface area contributed by atoms with Gasteiger partial charge >= 0.3 is 6.03 Å². The molecule has 2 aliphatic heterocycles. The van der Waals surface area contributed by atoms with Crippen LogP contribution in [0.25, 0.3) is 0 Å². The largest absolute Gasteiger partial charge is 0.465 e. The lowest BCUT2D eigenvalue weighted by molar-refractivity contribution is -0.0357. The lowest BCUT2D eigenvalue weighted by Gasteiger charge is -2.48. The molecular weight excluding hydrogens is 396 g/mol. The van der Waals surface area contributed by atoms with Gasteiger partial charge in [-0.25, -0.2) is 4.79 Å². The van der Waals surface area contributed by atoms with Crippen molar-refractivity contribution >= 4 is 6.03 Å². The smallest absolute Gasteiger partial charge is 0.314 e. The van der Waals surface area contributed by atoms with E-state index in [4.69, 9.17) is 13.9 Å². The highest BCUT2D eigenvalue weighted by Crippen LogP contribution is 2.34. The molecule has 2 saturated heterocycles. The molecule has 2 N–H and O–H groups in total. The highest BCUT2D eigenvalue weighted by Gasteiger charge is 2.39. The van der Waals surface area contributed by atoms with Crippen molar-refractivity contribution in [3.8, 4) is 0 Å². The van der Waals surface area contributed by atoms with Gasteiger partial charge < -0.3 is 24.5 Å². The van der Waals surface area contributed by atoms with Crippen LogP contribution in [-0.2, 0) is 9.47 Å². The normalized spacial score (nSPS) is 23.9. The third-order valence-corrected chi connectivity index (χ3v) is 7.08. The summed E-state index contributed by atoms with van der Waals surface area (Å²) in [6.45, 7) is 9.77. The van der Waals surface area contributed by atoms with Crippen molar-refractivity contribution in [1.82, 2.24) is 20.4 Å². The van der Waals surface area contributed by atoms with E-state index >= 15 is 0 Å². The summed E-state index contributed by atoms with van der Waals surface area (Å²) < 4.78 is 17.0. The highest BCUT2D eigenvalue weighted by atomic mass is 16.5. The summed E-state index contributed by atoms with van der Waals surface area (Å²) in [4.78, 5) is 17.7. The molecule has 0 aromatic carbocycles. The number of hydrogen-bond acceptors (Lipinski definition) is 6. The lowest BCUT2D eigenvalue weighted by Crippen LogP contribution is -2.60. The second-order valence-corrected chi connectivity index (χ2v) is 9.06. The van der Waals surface area contributed by atoms with Crippen molar-refractivity contribution in [2.45, 2.75) is 50.6 Å². The molecule has 1 aromatic rings. The Labute approximate surface area is 185 Å². The molecule has 2 amide bonds. The number of carbonyl (C=O) groups excluding carboxylic acids is 1. The first-order valence-corrected chi connectivity index (χ1v) is 11.9. The van der Waals surface area contributed by atoms with Crippen LogP contribution in [0.2, 0.25) is 0 Å². The first-order chi connectivity index (χ1) is 15.2. The molecule has 3 heterocycles. The number of amides is 2. The maximum Gasteiger partial charge on any atom is 0.314 e. The Morgan fingerprint density at radius 1 is 1.00 bits per heavy atom. The summed E-state index contributed by atoms with van der Waals surface area (Å²) in [5.74, 6) is 1.79. The van der Waals surface area contributed by atoms with Gasteiger partial charge in [0.2, 0.25) is 0 Å². The molecule has 0 spiro atoms. The number of nitrogens with one attached hydrogen (secondary N) is 2. The van der Waals surface area contributed by atoms with Crippen LogP contribution in [0, 0.1) is 6.92 Å². The number of rotatable bonds is 7. The molecule has 8 heteroatoms. The van der Waals surface area contributed by atoms with Crippen LogP contribution >= 0.6 is 0 Å². The Kier molecular flexibility index (Phi) is 7.87. The standard InChI is InChI=1S/C23H38N4O4/c1-19-5-6-21(31-19)20(26-9-13-29-14-10-26)17-24-22(28)25-18-23(7-3-2-4-8-23)27-11-15-30-16-12-27/h5-6,20H,2-4,7-18H2,1H3,(H2,24,25,28). The summed E-state index contributed by atoms with van der Waals surface area (Å²) in [7, 11) is 0. The van der Waals surface area contributed by atoms with Gasteiger partial charge in [-0.2, -0.15) is 0 Å². The summed E-state index contributed by atoms with van der Waals surface area (Å²) >= 11 is 0. The van der Waals surface area contributed by atoms with Crippen LogP contribution in [0.5, 0.6) is 0 Å². The second-order valence-electron chi connectivity index (χ2n) is 9.06. The Balaban J connectivity index is 1.33. The van der Waals surface area contributed by atoms with Crippen molar-refractivity contribution in [3.05, 3.63) is 23.7 Å². The average Bonchev–Trinajstić information content (AvgIpc) is 3.25. The predicted octanol–water partition coefficient (Wildman–Crippen LogP) is 2.30. The van der Waals surface area contributed by atoms with Gasteiger partial charge in [0.15, 0.2) is 0 Å². The van der Waals surface area contributed by atoms with Gasteiger partial charge in [-0.15, -0.1) is 0 Å². The molecule has 8 nitrogen and oxygen atoms in total. The summed E-state index contributed by atoms with van der Waals surface area (Å²) in [6.07, 6.45) is 6.06. The summed E-state index contributed by atoms with van der Waals surface area (Å²) in [6, 6.07) is 3.92. The van der Waals surface area contributed by atoms with Gasteiger partial charge in [-0.1, -0.05) is 19.3 Å². The summed E-state index contributed by atoms with van der Waals surface area (Å²) in [5, 5.41) is 6.31. The van der Waals surface area contributed by atoms with E-state index in [-0.39, 0.29) is 17.6 Å². The van der Waals surface area contributed by atoms with E-state index in [9.17, 15) is 4.79 Å². The minimum Gasteiger partial charge on any atom is -0.465 e. The van der Waals surface area contributed by atoms with Gasteiger partial charge in [0.25, 0.3) is 0 Å². The maximum absolute atomic E-state index is 12.8. The van der Waals surface area contributed by atoms with E-state index in [1.165, 1.54) is 19.3 Å². The summed E-state index contributed by atoms with van der Waals surface area (Å²) in [5.41, 5.74) is 0.0705. The molecule has 0 bridgehead atoms. The predicted molar refractivity (Wildman–Crippen MR) is 118 cm³/mol. The first-order valence-electron chi connectivity index (χ1n) is 11.9. The molecule has 1 unspecified atom stereocenters. The minimum absolute atomic E-state index is 0.0197. The zero-order valence-corrected chi connectivity index (χ0v) is 18.9. The van der Waals surface area contributed by atoms with Gasteiger partial charge in [-0.05, 0) is 31.9 Å². The zero-order chi connectivity index (χ0) is 21.5. The van der Waals surface area contributed by atoms with E-state index in [1.807, 2.05) is 19.1 Å². The Hall–Kier alpha value is -1.61. The fourth-order valence-corrected chi connectivity index (χ4v) is 5.28. The van der Waals surface area contributed by atoms with Crippen LogP contribution in [0.4, 0.5) is 4.79 Å². The van der Waals surface area contributed by atoms with Crippen LogP contribution in [-0.4, -0.2) is 87.1 Å². The third-order valence-electron chi connectivity index (χ3n) is 7.08. The molecule has 3 aliphatic rings. The topological polar surface area (TPSA) is 79.2 Å². The molecular formula is C23H38N4O4. The Morgan fingerprint density at radius 2 is 1.68 bits per heavy atom. The Morgan fingerprint density at radius 3 is 2.32 bits per heavy atom. The van der Waals surface area contributed by atoms with Gasteiger partial charge in [0.05, 0.1) is 32.5 Å². The quantitative estimate of drug-likeness (QED) is 0.686. The van der Waals surface area contributed by atoms with Gasteiger partial charge in [0.1, 0.15) is 11.5 Å². The fraction of sp³-hybridized carbons (Fsp3) is 0.783. The van der Waals surface area contributed by atoms with Crippen LogP contribution in [0.1, 0.15) is 49.7 Å². The maximum atomic E-state index is 12.8. The van der Waals surface area contributed by atoms with Crippen molar-refractivity contribution in [2.75, 3.05) is 65.7 Å². The van der Waals surface area contributed by atoms with E-state index in [2.05, 4.69) is 20.4 Å². The average molecular weight is 435 g/mol. The van der Waals surface area contributed by atoms with Crippen molar-refractivity contribution < 1.29 is 18.7 Å². The minimum atomic E-state index is -0.0975.